The number of hydrogen-bond donors (Lipinski definition) is 1. The van der Waals surface area contributed by atoms with Gasteiger partial charge >= 0.3 is 0 Å². The van der Waals surface area contributed by atoms with Gasteiger partial charge in [0, 0.05) is 31.9 Å². The molecule has 0 saturated heterocycles. The van der Waals surface area contributed by atoms with Crippen molar-refractivity contribution in [2.24, 2.45) is 12.8 Å². The lowest BCUT2D eigenvalue weighted by Crippen LogP contribution is -2.41. The molecule has 1 aromatic heterocycles. The van der Waals surface area contributed by atoms with Crippen molar-refractivity contribution in [2.75, 3.05) is 6.54 Å². The van der Waals surface area contributed by atoms with Crippen LogP contribution < -0.4 is 5.73 Å². The van der Waals surface area contributed by atoms with Gasteiger partial charge in [-0.1, -0.05) is 52.3 Å². The first-order valence-corrected chi connectivity index (χ1v) is 12.5. The molecule has 1 aliphatic carbocycles. The summed E-state index contributed by atoms with van der Waals surface area (Å²) in [5, 5.41) is 9.24. The average Bonchev–Trinajstić information content (AvgIpc) is 3.23. The average molecular weight is 440 g/mol. The van der Waals surface area contributed by atoms with E-state index >= 15 is 0 Å². The summed E-state index contributed by atoms with van der Waals surface area (Å²) >= 11 is 0. The highest BCUT2D eigenvalue weighted by Gasteiger charge is 2.24. The Bertz CT molecular complexity index is 768. The Morgan fingerprint density at radius 2 is 1.78 bits per heavy atom. The van der Waals surface area contributed by atoms with Crippen molar-refractivity contribution in [1.29, 1.82) is 5.26 Å². The van der Waals surface area contributed by atoms with Crippen molar-refractivity contribution in [2.45, 2.75) is 97.7 Å². The molecule has 32 heavy (non-hydrogen) atoms. The molecule has 1 aliphatic rings. The number of nitrogens with two attached hydrogens (primary N) is 1. The number of nitriles is 1. The summed E-state index contributed by atoms with van der Waals surface area (Å²) in [6.07, 6.45) is 13.1. The Hall–Kier alpha value is -2.16. The van der Waals surface area contributed by atoms with Crippen LogP contribution in [0.1, 0.15) is 89.5 Å². The summed E-state index contributed by atoms with van der Waals surface area (Å²) < 4.78 is 2.02. The molecule has 0 atom stereocenters. The zero-order valence-electron chi connectivity index (χ0n) is 21.1. The van der Waals surface area contributed by atoms with Crippen LogP contribution in [0.25, 0.3) is 0 Å². The number of aryl methyl sites for hydroxylation is 2. The number of aromatic nitrogens is 2. The molecule has 178 valence electrons. The van der Waals surface area contributed by atoms with Crippen molar-refractivity contribution >= 4 is 0 Å². The molecule has 1 aromatic carbocycles. The lowest BCUT2D eigenvalue weighted by atomic mass is 9.90. The quantitative estimate of drug-likeness (QED) is 0.525. The molecule has 5 nitrogen and oxygen atoms in total. The van der Waals surface area contributed by atoms with Gasteiger partial charge in [-0.15, -0.1) is 0 Å². The molecular formula is C27H45N5. The first-order chi connectivity index (χ1) is 15.6. The normalized spacial score (nSPS) is 17.6. The van der Waals surface area contributed by atoms with Gasteiger partial charge < -0.3 is 10.3 Å². The molecule has 0 bridgehead atoms. The maximum absolute atomic E-state index is 9.24. The molecule has 0 unspecified atom stereocenters. The molecular weight excluding hydrogens is 394 g/mol. The van der Waals surface area contributed by atoms with Gasteiger partial charge in [0.05, 0.1) is 23.7 Å². The predicted octanol–water partition coefficient (Wildman–Crippen LogP) is 5.83. The van der Waals surface area contributed by atoms with Gasteiger partial charge in [-0.2, -0.15) is 5.26 Å². The summed E-state index contributed by atoms with van der Waals surface area (Å²) in [7, 11) is 2.02. The molecule has 1 fully saturated rings. The van der Waals surface area contributed by atoms with E-state index in [-0.39, 0.29) is 0 Å². The van der Waals surface area contributed by atoms with Crippen LogP contribution in [-0.4, -0.2) is 33.1 Å². The highest BCUT2D eigenvalue weighted by molar-refractivity contribution is 5.37. The molecule has 1 saturated carbocycles. The van der Waals surface area contributed by atoms with Gasteiger partial charge in [0.25, 0.3) is 0 Å². The van der Waals surface area contributed by atoms with Crippen molar-refractivity contribution in [3.8, 4) is 6.07 Å². The lowest BCUT2D eigenvalue weighted by Gasteiger charge is -2.35. The number of rotatable bonds is 8. The first kappa shape index (κ1) is 27.9. The molecule has 2 N–H and O–H groups in total. The minimum absolute atomic E-state index is 0.375. The Morgan fingerprint density at radius 3 is 2.38 bits per heavy atom. The van der Waals surface area contributed by atoms with E-state index in [9.17, 15) is 5.26 Å². The van der Waals surface area contributed by atoms with Crippen LogP contribution in [0, 0.1) is 11.3 Å². The van der Waals surface area contributed by atoms with Crippen molar-refractivity contribution in [3.63, 3.8) is 0 Å². The van der Waals surface area contributed by atoms with Crippen LogP contribution >= 0.6 is 0 Å². The highest BCUT2D eigenvalue weighted by Crippen LogP contribution is 2.24. The Morgan fingerprint density at radius 1 is 1.12 bits per heavy atom. The van der Waals surface area contributed by atoms with Gasteiger partial charge in [-0.05, 0) is 63.1 Å². The molecule has 1 heterocycles. The van der Waals surface area contributed by atoms with E-state index in [1.54, 1.807) is 0 Å². The van der Waals surface area contributed by atoms with E-state index in [0.717, 1.165) is 56.5 Å². The van der Waals surface area contributed by atoms with Gasteiger partial charge in [-0.25, -0.2) is 4.98 Å². The Balaban J connectivity index is 0.000000944. The number of unbranched alkanes of at least 4 members (excludes halogenated alkanes) is 1. The van der Waals surface area contributed by atoms with Crippen LogP contribution in [0.2, 0.25) is 0 Å². The monoisotopic (exact) mass is 439 g/mol. The van der Waals surface area contributed by atoms with E-state index in [0.29, 0.717) is 12.1 Å². The predicted molar refractivity (Wildman–Crippen MR) is 135 cm³/mol. The lowest BCUT2D eigenvalue weighted by molar-refractivity contribution is 0.138. The van der Waals surface area contributed by atoms with Gasteiger partial charge in [-0.3, -0.25) is 4.90 Å². The smallest absolute Gasteiger partial charge is 0.0994 e. The summed E-state index contributed by atoms with van der Waals surface area (Å²) in [5.74, 6) is 0. The molecule has 3 rings (SSSR count). The van der Waals surface area contributed by atoms with Crippen LogP contribution in [0.15, 0.2) is 36.8 Å². The number of benzene rings is 1. The Kier molecular flexibility index (Phi) is 14.3. The zero-order valence-corrected chi connectivity index (χ0v) is 21.1. The van der Waals surface area contributed by atoms with Crippen LogP contribution in [0.3, 0.4) is 0 Å². The second kappa shape index (κ2) is 16.5. The fraction of sp³-hybridized carbons (Fsp3) is 0.630. The third-order valence-electron chi connectivity index (χ3n) is 5.66. The molecule has 0 spiro atoms. The second-order valence-electron chi connectivity index (χ2n) is 8.50. The summed E-state index contributed by atoms with van der Waals surface area (Å²) in [4.78, 5) is 7.13. The molecule has 0 amide bonds. The number of nitrogens with zero attached hydrogens (tertiary/aromatic N) is 4. The van der Waals surface area contributed by atoms with Gasteiger partial charge in [0.15, 0.2) is 0 Å². The third-order valence-corrected chi connectivity index (χ3v) is 5.66. The first-order valence-electron chi connectivity index (χ1n) is 12.5. The summed E-state index contributed by atoms with van der Waals surface area (Å²) in [5.41, 5.74) is 9.22. The summed E-state index contributed by atoms with van der Waals surface area (Å²) in [6, 6.07) is 11.2. The van der Waals surface area contributed by atoms with Crippen molar-refractivity contribution < 1.29 is 0 Å². The largest absolute Gasteiger partial charge is 0.340 e. The fourth-order valence-corrected chi connectivity index (χ4v) is 4.09. The molecule has 5 heteroatoms. The van der Waals surface area contributed by atoms with Gasteiger partial charge in [0.2, 0.25) is 0 Å². The van der Waals surface area contributed by atoms with E-state index in [1.165, 1.54) is 24.8 Å². The molecule has 0 aliphatic heterocycles. The van der Waals surface area contributed by atoms with Crippen LogP contribution in [0.5, 0.6) is 0 Å². The Labute approximate surface area is 196 Å². The molecule has 0 radical (unpaired) electrons. The van der Waals surface area contributed by atoms with Gasteiger partial charge in [0.1, 0.15) is 0 Å². The topological polar surface area (TPSA) is 70.9 Å². The van der Waals surface area contributed by atoms with Crippen LogP contribution in [-0.2, 0) is 20.0 Å². The maximum atomic E-state index is 9.24. The SMILES string of the molecule is CC.CCC.Cn1cnc(CN(CCCCc2ccccc2C#N)C2CCC(N)CC2)c1. The number of hydrogen-bond acceptors (Lipinski definition) is 4. The molecule has 2 aromatic rings. The zero-order chi connectivity index (χ0) is 23.8. The minimum Gasteiger partial charge on any atom is -0.340 e. The van der Waals surface area contributed by atoms with Crippen molar-refractivity contribution in [3.05, 3.63) is 53.6 Å². The van der Waals surface area contributed by atoms with E-state index < -0.39 is 0 Å². The van der Waals surface area contributed by atoms with E-state index in [4.69, 9.17) is 5.73 Å². The van der Waals surface area contributed by atoms with E-state index in [1.807, 2.05) is 50.0 Å². The van der Waals surface area contributed by atoms with Crippen LogP contribution in [0.4, 0.5) is 0 Å². The summed E-state index contributed by atoms with van der Waals surface area (Å²) in [6.45, 7) is 10.2. The van der Waals surface area contributed by atoms with E-state index in [2.05, 4.69) is 42.1 Å². The second-order valence-corrected chi connectivity index (χ2v) is 8.50. The maximum Gasteiger partial charge on any atom is 0.0994 e. The minimum atomic E-state index is 0.375. The standard InChI is InChI=1S/C22H31N5.C3H8.C2H6/c1-26-15-21(25-17-26)16-27(22-11-9-20(24)10-12-22)13-5-4-7-18-6-2-3-8-19(18)14-23;1-3-2;1-2/h2-3,6,8,15,17,20,22H,4-5,7,9-13,16,24H2,1H3;3H2,1-2H3;1-2H3. The van der Waals surface area contributed by atoms with Crippen molar-refractivity contribution in [1.82, 2.24) is 14.5 Å². The fourth-order valence-electron chi connectivity index (χ4n) is 4.09. The number of imidazole rings is 1. The third kappa shape index (κ3) is 9.97. The highest BCUT2D eigenvalue weighted by atomic mass is 15.2.